The van der Waals surface area contributed by atoms with E-state index in [0.717, 1.165) is 15.5 Å². The van der Waals surface area contributed by atoms with Crippen LogP contribution in [-0.2, 0) is 9.59 Å². The molecule has 4 aromatic rings. The molecule has 0 spiro atoms. The highest BCUT2D eigenvalue weighted by Crippen LogP contribution is 2.27. The van der Waals surface area contributed by atoms with Crippen LogP contribution in [0, 0.1) is 0 Å². The molecule has 2 aromatic heterocycles. The Morgan fingerprint density at radius 3 is 2.75 bits per heavy atom. The van der Waals surface area contributed by atoms with Crippen molar-refractivity contribution in [1.29, 1.82) is 0 Å². The molecule has 3 N–H and O–H groups in total. The predicted molar refractivity (Wildman–Crippen MR) is 124 cm³/mol. The Kier molecular flexibility index (Phi) is 6.22. The molecule has 10 heteroatoms. The number of carboxylic acids is 1. The number of aliphatic carboxylic acids is 1. The fourth-order valence-electron chi connectivity index (χ4n) is 3.04. The number of rotatable bonds is 7. The van der Waals surface area contributed by atoms with Crippen LogP contribution in [0.25, 0.3) is 10.9 Å². The molecular weight excluding hydrogens is 476 g/mol. The molecule has 0 aliphatic heterocycles. The number of aromatic nitrogens is 4. The molecule has 0 bridgehead atoms. The third kappa shape index (κ3) is 4.98. The SMILES string of the molecule is O=C(C=CC(C(=O)O)n1ccnc1)Nc1ccc2ncnc(Nc3cccc(Br)c3)c2c1. The van der Waals surface area contributed by atoms with Gasteiger partial charge in [-0.15, -0.1) is 0 Å². The van der Waals surface area contributed by atoms with E-state index in [1.165, 1.54) is 41.8 Å². The molecule has 0 fully saturated rings. The fraction of sp³-hybridized carbons (Fsp3) is 0.0455. The Morgan fingerprint density at radius 2 is 2.00 bits per heavy atom. The molecule has 160 valence electrons. The average Bonchev–Trinajstić information content (AvgIpc) is 3.28. The molecular formula is C22H17BrN6O3. The highest BCUT2D eigenvalue weighted by Gasteiger charge is 2.15. The van der Waals surface area contributed by atoms with E-state index in [2.05, 4.69) is 41.5 Å². The molecule has 1 unspecified atom stereocenters. The lowest BCUT2D eigenvalue weighted by molar-refractivity contribution is -0.139. The van der Waals surface area contributed by atoms with Crippen molar-refractivity contribution >= 4 is 55.9 Å². The van der Waals surface area contributed by atoms with E-state index in [4.69, 9.17) is 0 Å². The van der Waals surface area contributed by atoms with Gasteiger partial charge in [-0.2, -0.15) is 0 Å². The number of imidazole rings is 1. The monoisotopic (exact) mass is 492 g/mol. The van der Waals surface area contributed by atoms with Gasteiger partial charge in [0.1, 0.15) is 12.1 Å². The second-order valence-electron chi connectivity index (χ2n) is 6.73. The molecule has 1 amide bonds. The maximum atomic E-state index is 12.4. The highest BCUT2D eigenvalue weighted by molar-refractivity contribution is 9.10. The zero-order chi connectivity index (χ0) is 22.5. The van der Waals surface area contributed by atoms with Crippen molar-refractivity contribution in [3.63, 3.8) is 0 Å². The molecule has 2 aromatic carbocycles. The minimum atomic E-state index is -1.10. The van der Waals surface area contributed by atoms with E-state index < -0.39 is 17.9 Å². The fourth-order valence-corrected chi connectivity index (χ4v) is 3.44. The summed E-state index contributed by atoms with van der Waals surface area (Å²) in [6, 6.07) is 11.9. The predicted octanol–water partition coefficient (Wildman–Crippen LogP) is 4.15. The first-order valence-electron chi connectivity index (χ1n) is 9.46. The van der Waals surface area contributed by atoms with E-state index in [9.17, 15) is 14.7 Å². The van der Waals surface area contributed by atoms with Crippen molar-refractivity contribution in [2.24, 2.45) is 0 Å². The number of benzene rings is 2. The summed E-state index contributed by atoms with van der Waals surface area (Å²) in [5.41, 5.74) is 2.07. The van der Waals surface area contributed by atoms with Gasteiger partial charge in [-0.1, -0.05) is 22.0 Å². The topological polar surface area (TPSA) is 122 Å². The third-order valence-electron chi connectivity index (χ3n) is 4.52. The number of carbonyl (C=O) groups is 2. The van der Waals surface area contributed by atoms with Crippen LogP contribution >= 0.6 is 15.9 Å². The molecule has 0 saturated carbocycles. The van der Waals surface area contributed by atoms with Gasteiger partial charge in [-0.05, 0) is 42.5 Å². The number of hydrogen-bond acceptors (Lipinski definition) is 6. The smallest absolute Gasteiger partial charge is 0.330 e. The molecule has 32 heavy (non-hydrogen) atoms. The number of hydrogen-bond donors (Lipinski definition) is 3. The molecule has 9 nitrogen and oxygen atoms in total. The van der Waals surface area contributed by atoms with E-state index in [-0.39, 0.29) is 0 Å². The molecule has 0 radical (unpaired) electrons. The number of carboxylic acid groups (broad SMARTS) is 1. The minimum Gasteiger partial charge on any atom is -0.479 e. The Bertz CT molecular complexity index is 1310. The first-order valence-corrected chi connectivity index (χ1v) is 10.3. The summed E-state index contributed by atoms with van der Waals surface area (Å²) in [5.74, 6) is -0.974. The van der Waals surface area contributed by atoms with Crippen molar-refractivity contribution in [3.05, 3.63) is 84.1 Å². The van der Waals surface area contributed by atoms with Crippen LogP contribution in [0.5, 0.6) is 0 Å². The highest BCUT2D eigenvalue weighted by atomic mass is 79.9. The number of nitrogens with zero attached hydrogens (tertiary/aromatic N) is 4. The zero-order valence-corrected chi connectivity index (χ0v) is 18.1. The maximum absolute atomic E-state index is 12.4. The van der Waals surface area contributed by atoms with Gasteiger partial charge in [0.15, 0.2) is 6.04 Å². The van der Waals surface area contributed by atoms with E-state index in [0.29, 0.717) is 17.0 Å². The molecule has 1 atom stereocenters. The number of fused-ring (bicyclic) bond motifs is 1. The zero-order valence-electron chi connectivity index (χ0n) is 16.5. The van der Waals surface area contributed by atoms with Gasteiger partial charge in [0.25, 0.3) is 0 Å². The molecule has 0 aliphatic rings. The second kappa shape index (κ2) is 9.40. The summed E-state index contributed by atoms with van der Waals surface area (Å²) in [6.07, 6.45) is 8.32. The van der Waals surface area contributed by atoms with E-state index in [1.807, 2.05) is 24.3 Å². The lowest BCUT2D eigenvalue weighted by Crippen LogP contribution is -2.16. The van der Waals surface area contributed by atoms with Gasteiger partial charge in [0.05, 0.1) is 11.8 Å². The van der Waals surface area contributed by atoms with Crippen molar-refractivity contribution < 1.29 is 14.7 Å². The van der Waals surface area contributed by atoms with Crippen molar-refractivity contribution in [2.45, 2.75) is 6.04 Å². The number of carbonyl (C=O) groups excluding carboxylic acids is 1. The second-order valence-corrected chi connectivity index (χ2v) is 7.65. The van der Waals surface area contributed by atoms with Gasteiger partial charge < -0.3 is 20.3 Å². The maximum Gasteiger partial charge on any atom is 0.330 e. The summed E-state index contributed by atoms with van der Waals surface area (Å²) in [7, 11) is 0. The first kappa shape index (κ1) is 21.2. The van der Waals surface area contributed by atoms with Gasteiger partial charge in [0, 0.05) is 39.7 Å². The Balaban J connectivity index is 1.54. The van der Waals surface area contributed by atoms with E-state index in [1.54, 1.807) is 18.2 Å². The standard InChI is InChI=1S/C22H17BrN6O3/c23-14-2-1-3-15(10-14)28-21-17-11-16(4-5-18(17)25-12-26-21)27-20(30)7-6-19(22(31)32)29-9-8-24-13-29/h1-13,19H,(H,27,30)(H,31,32)(H,25,26,28). The molecule has 4 rings (SSSR count). The van der Waals surface area contributed by atoms with Crippen molar-refractivity contribution in [2.75, 3.05) is 10.6 Å². The van der Waals surface area contributed by atoms with Gasteiger partial charge in [-0.3, -0.25) is 4.79 Å². The Hall–Kier alpha value is -4.05. The van der Waals surface area contributed by atoms with Crippen molar-refractivity contribution in [1.82, 2.24) is 19.5 Å². The average molecular weight is 493 g/mol. The van der Waals surface area contributed by atoms with Gasteiger partial charge >= 0.3 is 5.97 Å². The number of halogens is 1. The van der Waals surface area contributed by atoms with Crippen LogP contribution in [-0.4, -0.2) is 36.5 Å². The summed E-state index contributed by atoms with van der Waals surface area (Å²) in [5, 5.41) is 16.1. The Morgan fingerprint density at radius 1 is 1.12 bits per heavy atom. The molecule has 0 aliphatic carbocycles. The minimum absolute atomic E-state index is 0.464. The third-order valence-corrected chi connectivity index (χ3v) is 5.01. The van der Waals surface area contributed by atoms with Gasteiger partial charge in [0.2, 0.25) is 5.91 Å². The van der Waals surface area contributed by atoms with Crippen molar-refractivity contribution in [3.8, 4) is 0 Å². The van der Waals surface area contributed by atoms with Crippen LogP contribution in [0.15, 0.2) is 84.1 Å². The normalized spacial score (nSPS) is 12.0. The quantitative estimate of drug-likeness (QED) is 0.331. The number of amides is 1. The van der Waals surface area contributed by atoms with Crippen LogP contribution in [0.2, 0.25) is 0 Å². The van der Waals surface area contributed by atoms with Gasteiger partial charge in [-0.25, -0.2) is 19.7 Å². The summed E-state index contributed by atoms with van der Waals surface area (Å²) in [6.45, 7) is 0. The summed E-state index contributed by atoms with van der Waals surface area (Å²) in [4.78, 5) is 36.3. The first-order chi connectivity index (χ1) is 15.5. The summed E-state index contributed by atoms with van der Waals surface area (Å²) >= 11 is 3.44. The number of nitrogens with one attached hydrogen (secondary N) is 2. The van der Waals surface area contributed by atoms with E-state index >= 15 is 0 Å². The lowest BCUT2D eigenvalue weighted by Gasteiger charge is -2.11. The van der Waals surface area contributed by atoms with Crippen LogP contribution in [0.1, 0.15) is 6.04 Å². The molecule has 0 saturated heterocycles. The van der Waals surface area contributed by atoms with Crippen LogP contribution in [0.3, 0.4) is 0 Å². The summed E-state index contributed by atoms with van der Waals surface area (Å²) < 4.78 is 2.32. The number of anilines is 3. The van der Waals surface area contributed by atoms with Crippen LogP contribution in [0.4, 0.5) is 17.2 Å². The largest absolute Gasteiger partial charge is 0.479 e. The lowest BCUT2D eigenvalue weighted by atomic mass is 10.2. The Labute approximate surface area is 191 Å². The van der Waals surface area contributed by atoms with Crippen LogP contribution < -0.4 is 10.6 Å². The molecule has 2 heterocycles.